The molecule has 0 radical (unpaired) electrons. The molecule has 5 atom stereocenters. The van der Waals surface area contributed by atoms with Crippen molar-refractivity contribution >= 4 is 32.6 Å². The van der Waals surface area contributed by atoms with E-state index in [0.717, 1.165) is 10.8 Å². The summed E-state index contributed by atoms with van der Waals surface area (Å²) < 4.78 is 37.6. The Morgan fingerprint density at radius 3 is 2.43 bits per heavy atom. The predicted octanol–water partition coefficient (Wildman–Crippen LogP) is -13.3. The van der Waals surface area contributed by atoms with Gasteiger partial charge in [0.25, 0.3) is 0 Å². The van der Waals surface area contributed by atoms with Gasteiger partial charge in [-0.2, -0.15) is 19.3 Å². The molecule has 1 fully saturated rings. The summed E-state index contributed by atoms with van der Waals surface area (Å²) in [5, 5.41) is 24.4. The SMILES string of the molecule is Cn1cnn2c(=O)c3ncn([C@@H]4O[C@H](COOP(=O)([O-])OP(=O)([O-])[O-])[C@@H](O)[C@H]4O)c3nc12.[Na+].[Na+].[Na+]. The van der Waals surface area contributed by atoms with E-state index in [1.165, 1.54) is 15.5 Å². The van der Waals surface area contributed by atoms with Gasteiger partial charge in [0.2, 0.25) is 5.78 Å². The van der Waals surface area contributed by atoms with Gasteiger partial charge in [0.05, 0.1) is 14.2 Å². The third-order valence-electron chi connectivity index (χ3n) is 4.40. The van der Waals surface area contributed by atoms with Crippen molar-refractivity contribution in [1.82, 2.24) is 28.7 Å². The third-order valence-corrected chi connectivity index (χ3v) is 6.29. The van der Waals surface area contributed by atoms with Crippen LogP contribution in [-0.4, -0.2) is 63.8 Å². The molecule has 3 aromatic heterocycles. The van der Waals surface area contributed by atoms with Crippen LogP contribution in [0.5, 0.6) is 0 Å². The van der Waals surface area contributed by atoms with Crippen molar-refractivity contribution in [2.45, 2.75) is 24.5 Å². The second-order valence-electron chi connectivity index (χ2n) is 6.58. The first-order valence-corrected chi connectivity index (χ1v) is 11.4. The first-order chi connectivity index (χ1) is 14.9. The van der Waals surface area contributed by atoms with Crippen LogP contribution in [0.2, 0.25) is 0 Å². The van der Waals surface area contributed by atoms with Crippen LogP contribution in [0, 0.1) is 0 Å². The van der Waals surface area contributed by atoms with E-state index < -0.39 is 52.4 Å². The van der Waals surface area contributed by atoms with Crippen molar-refractivity contribution < 1.29 is 141 Å². The molecule has 18 nitrogen and oxygen atoms in total. The molecule has 176 valence electrons. The van der Waals surface area contributed by atoms with Crippen molar-refractivity contribution in [3.8, 4) is 0 Å². The van der Waals surface area contributed by atoms with E-state index in [0.29, 0.717) is 0 Å². The zero-order valence-corrected chi connectivity index (χ0v) is 26.5. The van der Waals surface area contributed by atoms with E-state index in [-0.39, 0.29) is 106 Å². The Hall–Kier alpha value is 0.920. The summed E-state index contributed by atoms with van der Waals surface area (Å²) in [5.41, 5.74) is -0.684. The zero-order valence-electron chi connectivity index (χ0n) is 18.7. The normalized spacial score (nSPS) is 23.9. The number of hydrogen-bond donors (Lipinski definition) is 2. The number of hydrogen-bond acceptors (Lipinski definition) is 15. The monoisotopic (exact) mass is 564 g/mol. The summed E-state index contributed by atoms with van der Waals surface area (Å²) in [7, 11) is -9.98. The second kappa shape index (κ2) is 12.8. The Labute approximate surface area is 261 Å². The van der Waals surface area contributed by atoms with Gasteiger partial charge < -0.3 is 38.8 Å². The molecule has 4 heterocycles. The molecular formula is C12H13N6Na3O12P2. The van der Waals surface area contributed by atoms with Crippen LogP contribution < -0.4 is 109 Å². The fourth-order valence-electron chi connectivity index (χ4n) is 3.04. The van der Waals surface area contributed by atoms with Gasteiger partial charge in [-0.3, -0.25) is 18.2 Å². The Morgan fingerprint density at radius 1 is 1.14 bits per heavy atom. The molecule has 3 aromatic rings. The van der Waals surface area contributed by atoms with Crippen LogP contribution in [0.25, 0.3) is 16.9 Å². The smallest absolute Gasteiger partial charge is 0.790 e. The number of fused-ring (bicyclic) bond motifs is 2. The van der Waals surface area contributed by atoms with Gasteiger partial charge in [0.15, 0.2) is 17.4 Å². The number of phosphoric acid groups is 2. The van der Waals surface area contributed by atoms with Crippen LogP contribution in [-0.2, 0) is 34.8 Å². The van der Waals surface area contributed by atoms with Gasteiger partial charge in [-0.15, -0.1) is 0 Å². The molecule has 4 rings (SSSR count). The molecule has 35 heavy (non-hydrogen) atoms. The van der Waals surface area contributed by atoms with Gasteiger partial charge in [0.1, 0.15) is 31.2 Å². The number of aryl methyl sites for hydroxylation is 1. The number of rotatable bonds is 7. The van der Waals surface area contributed by atoms with Crippen LogP contribution >= 0.6 is 15.6 Å². The summed E-state index contributed by atoms with van der Waals surface area (Å²) in [5.74, 6) is 0.158. The molecule has 0 aliphatic carbocycles. The number of ether oxygens (including phenoxy) is 1. The average molecular weight is 564 g/mol. The van der Waals surface area contributed by atoms with Gasteiger partial charge in [0, 0.05) is 7.05 Å². The predicted molar refractivity (Wildman–Crippen MR) is 90.8 cm³/mol. The third kappa shape index (κ3) is 7.32. The zero-order chi connectivity index (χ0) is 23.4. The summed E-state index contributed by atoms with van der Waals surface area (Å²) in [6.07, 6.45) is -3.47. The minimum absolute atomic E-state index is 0. The molecule has 0 saturated carbocycles. The molecule has 0 spiro atoms. The molecular weight excluding hydrogens is 551 g/mol. The van der Waals surface area contributed by atoms with Gasteiger partial charge >= 0.3 is 102 Å². The molecule has 1 unspecified atom stereocenters. The minimum Gasteiger partial charge on any atom is -0.790 e. The van der Waals surface area contributed by atoms with Crippen LogP contribution in [0.4, 0.5) is 0 Å². The van der Waals surface area contributed by atoms with Crippen molar-refractivity contribution in [3.63, 3.8) is 0 Å². The first-order valence-electron chi connectivity index (χ1n) is 8.52. The topological polar surface area (TPSA) is 251 Å². The van der Waals surface area contributed by atoms with E-state index >= 15 is 0 Å². The first kappa shape index (κ1) is 33.9. The second-order valence-corrected chi connectivity index (χ2v) is 9.17. The summed E-state index contributed by atoms with van der Waals surface area (Å²) in [6.45, 7) is -0.832. The molecule has 23 heteroatoms. The number of aromatic nitrogens is 6. The quantitative estimate of drug-likeness (QED) is 0.117. The van der Waals surface area contributed by atoms with Gasteiger partial charge in [-0.25, -0.2) is 9.87 Å². The molecule has 1 aliphatic heterocycles. The number of aliphatic hydroxyl groups excluding tert-OH is 2. The Morgan fingerprint density at radius 2 is 1.80 bits per heavy atom. The van der Waals surface area contributed by atoms with Crippen LogP contribution in [0.15, 0.2) is 17.4 Å². The molecule has 1 saturated heterocycles. The summed E-state index contributed by atoms with van der Waals surface area (Å²) in [4.78, 5) is 56.9. The van der Waals surface area contributed by atoms with Crippen molar-refractivity contribution in [2.24, 2.45) is 7.05 Å². The van der Waals surface area contributed by atoms with E-state index in [1.54, 1.807) is 7.05 Å². The fraction of sp³-hybridized carbons (Fsp3) is 0.500. The van der Waals surface area contributed by atoms with Gasteiger partial charge in [-0.05, 0) is 0 Å². The Bertz CT molecular complexity index is 1330. The van der Waals surface area contributed by atoms with Crippen LogP contribution in [0.1, 0.15) is 6.23 Å². The average Bonchev–Trinajstić information content (AvgIpc) is 3.33. The number of nitrogens with zero attached hydrogens (tertiary/aromatic N) is 6. The Kier molecular flexibility index (Phi) is 12.5. The molecule has 0 bridgehead atoms. The van der Waals surface area contributed by atoms with Gasteiger partial charge in [-0.1, -0.05) is 0 Å². The minimum atomic E-state index is -5.91. The molecule has 0 amide bonds. The largest absolute Gasteiger partial charge is 1.00 e. The maximum absolute atomic E-state index is 12.5. The van der Waals surface area contributed by atoms with Crippen molar-refractivity contribution in [2.75, 3.05) is 6.61 Å². The fourth-order valence-corrected chi connectivity index (χ4v) is 4.32. The summed E-state index contributed by atoms with van der Waals surface area (Å²) in [6, 6.07) is 0. The maximum atomic E-state index is 12.5. The van der Waals surface area contributed by atoms with E-state index in [9.17, 15) is 38.8 Å². The van der Waals surface area contributed by atoms with E-state index in [2.05, 4.69) is 28.9 Å². The number of imidazole rings is 1. The van der Waals surface area contributed by atoms with E-state index in [4.69, 9.17) is 4.74 Å². The van der Waals surface area contributed by atoms with Crippen molar-refractivity contribution in [1.29, 1.82) is 0 Å². The van der Waals surface area contributed by atoms with Crippen molar-refractivity contribution in [3.05, 3.63) is 23.0 Å². The molecule has 0 aromatic carbocycles. The van der Waals surface area contributed by atoms with E-state index in [1.807, 2.05) is 0 Å². The molecule has 1 aliphatic rings. The molecule has 2 N–H and O–H groups in total. The Balaban J connectivity index is 0.00000204. The van der Waals surface area contributed by atoms with Crippen LogP contribution in [0.3, 0.4) is 0 Å². The maximum Gasteiger partial charge on any atom is 1.00 e. The standard InChI is InChI=1S/C12H16N6O12P2.3Na/c1-16-4-14-18-10(21)6-9(15-12(16)18)17(3-13-6)11-8(20)7(19)5(28-11)2-27-29-32(25,26)30-31(22,23)24;;;/h3-5,7-8,11,19-20H,2H2,1H3,(H,25,26)(H2,22,23,24);;;/q;3*+1/p-3/t5-,7-,8-,11-;;;/m1.../s1. The summed E-state index contributed by atoms with van der Waals surface area (Å²) >= 11 is 0. The number of aliphatic hydroxyl groups is 2.